The van der Waals surface area contributed by atoms with Crippen molar-refractivity contribution >= 4 is 41.6 Å². The summed E-state index contributed by atoms with van der Waals surface area (Å²) < 4.78 is 10.7. The minimum atomic E-state index is -0.567. The Labute approximate surface area is 183 Å². The van der Waals surface area contributed by atoms with Crippen molar-refractivity contribution in [3.05, 3.63) is 112 Å². The number of hydrogen-bond acceptors (Lipinski definition) is 5. The highest BCUT2D eigenvalue weighted by Gasteiger charge is 2.24. The van der Waals surface area contributed by atoms with Crippen molar-refractivity contribution in [2.45, 2.75) is 0 Å². The maximum absolute atomic E-state index is 12.3. The number of hydrogen-bond donors (Lipinski definition) is 0. The molecule has 0 atom stereocenters. The van der Waals surface area contributed by atoms with Crippen LogP contribution in [0.2, 0.25) is 5.02 Å². The van der Waals surface area contributed by atoms with Crippen molar-refractivity contribution in [2.24, 2.45) is 4.99 Å². The number of carbonyl (C=O) groups excluding carboxylic acids is 2. The predicted molar refractivity (Wildman–Crippen MR) is 120 cm³/mol. The molecule has 6 heteroatoms. The second-order valence-corrected chi connectivity index (χ2v) is 6.98. The molecule has 0 spiro atoms. The highest BCUT2D eigenvalue weighted by molar-refractivity contribution is 6.30. The molecule has 3 aromatic rings. The van der Waals surface area contributed by atoms with Crippen LogP contribution >= 0.6 is 11.6 Å². The molecule has 0 radical (unpaired) electrons. The zero-order chi connectivity index (χ0) is 21.6. The Balaban J connectivity index is 1.53. The third-order valence-electron chi connectivity index (χ3n) is 4.34. The fraction of sp³-hybridized carbons (Fsp3) is 0. The van der Waals surface area contributed by atoms with E-state index >= 15 is 0 Å². The van der Waals surface area contributed by atoms with Crippen LogP contribution in [0.4, 0.5) is 0 Å². The fourth-order valence-electron chi connectivity index (χ4n) is 2.83. The highest BCUT2D eigenvalue weighted by Crippen LogP contribution is 2.25. The van der Waals surface area contributed by atoms with Crippen molar-refractivity contribution in [3.8, 4) is 5.75 Å². The van der Waals surface area contributed by atoms with E-state index in [1.54, 1.807) is 66.7 Å². The van der Waals surface area contributed by atoms with E-state index in [0.29, 0.717) is 21.9 Å². The molecule has 4 rings (SSSR count). The average molecular weight is 430 g/mol. The van der Waals surface area contributed by atoms with E-state index < -0.39 is 11.9 Å². The van der Waals surface area contributed by atoms with Crippen molar-refractivity contribution in [1.82, 2.24) is 0 Å². The number of halogens is 1. The highest BCUT2D eigenvalue weighted by atomic mass is 35.5. The zero-order valence-electron chi connectivity index (χ0n) is 16.2. The van der Waals surface area contributed by atoms with Gasteiger partial charge in [0.2, 0.25) is 5.90 Å². The summed E-state index contributed by atoms with van der Waals surface area (Å²) in [5.74, 6) is -0.583. The molecule has 1 aliphatic rings. The van der Waals surface area contributed by atoms with Gasteiger partial charge in [-0.2, -0.15) is 0 Å². The molecule has 1 aliphatic heterocycles. The molecule has 0 fully saturated rings. The molecular weight excluding hydrogens is 414 g/mol. The monoisotopic (exact) mass is 429 g/mol. The largest absolute Gasteiger partial charge is 0.423 e. The van der Waals surface area contributed by atoms with Gasteiger partial charge in [-0.25, -0.2) is 14.6 Å². The molecule has 1 heterocycles. The van der Waals surface area contributed by atoms with Crippen LogP contribution in [-0.2, 0) is 14.3 Å². The van der Waals surface area contributed by atoms with E-state index in [2.05, 4.69) is 4.99 Å². The van der Waals surface area contributed by atoms with Gasteiger partial charge in [0.15, 0.2) is 5.70 Å². The van der Waals surface area contributed by atoms with Crippen molar-refractivity contribution in [3.63, 3.8) is 0 Å². The van der Waals surface area contributed by atoms with Crippen LogP contribution < -0.4 is 4.74 Å². The molecule has 5 nitrogen and oxygen atoms in total. The Hall–Kier alpha value is -3.96. The van der Waals surface area contributed by atoms with Gasteiger partial charge in [0, 0.05) is 22.2 Å². The summed E-state index contributed by atoms with van der Waals surface area (Å²) in [5, 5.41) is 0.616. The second kappa shape index (κ2) is 9.24. The second-order valence-electron chi connectivity index (χ2n) is 6.55. The van der Waals surface area contributed by atoms with Gasteiger partial charge >= 0.3 is 11.9 Å². The summed E-state index contributed by atoms with van der Waals surface area (Å²) in [7, 11) is 0. The van der Waals surface area contributed by atoms with E-state index in [9.17, 15) is 9.59 Å². The number of carbonyl (C=O) groups is 2. The molecule has 0 saturated carbocycles. The minimum Gasteiger partial charge on any atom is -0.423 e. The molecule has 0 unspecified atom stereocenters. The number of rotatable bonds is 5. The lowest BCUT2D eigenvalue weighted by molar-refractivity contribution is -0.130. The molecule has 0 saturated heterocycles. The molecule has 152 valence electrons. The Morgan fingerprint density at radius 2 is 1.65 bits per heavy atom. The Bertz CT molecular complexity index is 1210. The zero-order valence-corrected chi connectivity index (χ0v) is 17.0. The fourth-order valence-corrected chi connectivity index (χ4v) is 2.96. The molecule has 0 N–H and O–H groups in total. The maximum Gasteiger partial charge on any atom is 0.363 e. The summed E-state index contributed by atoms with van der Waals surface area (Å²) in [6, 6.07) is 23.1. The quantitative estimate of drug-likeness (QED) is 0.313. The lowest BCUT2D eigenvalue weighted by atomic mass is 10.1. The van der Waals surface area contributed by atoms with Crippen LogP contribution in [0.25, 0.3) is 12.2 Å². The summed E-state index contributed by atoms with van der Waals surface area (Å²) in [5.41, 5.74) is 2.17. The van der Waals surface area contributed by atoms with Crippen LogP contribution in [0.5, 0.6) is 5.75 Å². The van der Waals surface area contributed by atoms with Crippen LogP contribution in [0.15, 0.2) is 95.6 Å². The normalized spacial score (nSPS) is 14.5. The smallest absolute Gasteiger partial charge is 0.363 e. The van der Waals surface area contributed by atoms with Gasteiger partial charge < -0.3 is 9.47 Å². The van der Waals surface area contributed by atoms with Crippen molar-refractivity contribution < 1.29 is 19.1 Å². The summed E-state index contributed by atoms with van der Waals surface area (Å²) >= 11 is 5.86. The number of ether oxygens (including phenoxy) is 2. The SMILES string of the molecule is O=C(/C=C/c1ccc(Cl)cc1)Oc1ccccc1/C=C1\N=C(c2ccccc2)OC1=O. The number of para-hydroxylation sites is 1. The van der Waals surface area contributed by atoms with E-state index in [0.717, 1.165) is 5.56 Å². The third kappa shape index (κ3) is 5.15. The van der Waals surface area contributed by atoms with Crippen LogP contribution in [0.3, 0.4) is 0 Å². The van der Waals surface area contributed by atoms with Crippen molar-refractivity contribution in [2.75, 3.05) is 0 Å². The first-order chi connectivity index (χ1) is 15.1. The Kier molecular flexibility index (Phi) is 6.05. The summed E-state index contributed by atoms with van der Waals surface area (Å²) in [4.78, 5) is 28.8. The van der Waals surface area contributed by atoms with Gasteiger partial charge in [0.1, 0.15) is 5.75 Å². The van der Waals surface area contributed by atoms with E-state index in [1.807, 2.05) is 18.2 Å². The Morgan fingerprint density at radius 1 is 0.935 bits per heavy atom. The van der Waals surface area contributed by atoms with Crippen LogP contribution in [0.1, 0.15) is 16.7 Å². The number of nitrogens with zero attached hydrogens (tertiary/aromatic N) is 1. The average Bonchev–Trinajstić information content (AvgIpc) is 3.15. The van der Waals surface area contributed by atoms with E-state index in [1.165, 1.54) is 12.2 Å². The van der Waals surface area contributed by atoms with Gasteiger partial charge in [-0.1, -0.05) is 60.1 Å². The molecule has 0 bridgehead atoms. The third-order valence-corrected chi connectivity index (χ3v) is 4.60. The van der Waals surface area contributed by atoms with Crippen LogP contribution in [-0.4, -0.2) is 17.8 Å². The van der Waals surface area contributed by atoms with Crippen molar-refractivity contribution in [1.29, 1.82) is 0 Å². The van der Waals surface area contributed by atoms with E-state index in [-0.39, 0.29) is 11.6 Å². The molecular formula is C25H16ClNO4. The molecule has 0 aromatic heterocycles. The van der Waals surface area contributed by atoms with Gasteiger partial charge in [-0.3, -0.25) is 0 Å². The van der Waals surface area contributed by atoms with E-state index in [4.69, 9.17) is 21.1 Å². The number of benzene rings is 3. The first kappa shape index (κ1) is 20.3. The molecule has 0 aliphatic carbocycles. The lowest BCUT2D eigenvalue weighted by Gasteiger charge is -2.05. The number of cyclic esters (lactones) is 1. The van der Waals surface area contributed by atoms with Gasteiger partial charge in [0.25, 0.3) is 0 Å². The van der Waals surface area contributed by atoms with Gasteiger partial charge in [-0.15, -0.1) is 0 Å². The lowest BCUT2D eigenvalue weighted by Crippen LogP contribution is -2.06. The topological polar surface area (TPSA) is 65.0 Å². The predicted octanol–water partition coefficient (Wildman–Crippen LogP) is 5.30. The molecule has 3 aromatic carbocycles. The number of aliphatic imine (C=N–C) groups is 1. The van der Waals surface area contributed by atoms with Crippen LogP contribution in [0, 0.1) is 0 Å². The first-order valence-corrected chi connectivity index (χ1v) is 9.79. The van der Waals surface area contributed by atoms with Gasteiger partial charge in [0.05, 0.1) is 0 Å². The molecule has 31 heavy (non-hydrogen) atoms. The summed E-state index contributed by atoms with van der Waals surface area (Å²) in [6.45, 7) is 0. The Morgan fingerprint density at radius 3 is 2.42 bits per heavy atom. The summed E-state index contributed by atoms with van der Waals surface area (Å²) in [6.07, 6.45) is 4.48. The van der Waals surface area contributed by atoms with Gasteiger partial charge in [-0.05, 0) is 48.0 Å². The minimum absolute atomic E-state index is 0.124. The standard InChI is InChI=1S/C25H16ClNO4/c26-20-13-10-17(11-14-20)12-15-23(28)30-22-9-5-4-8-19(22)16-21-25(29)31-24(27-21)18-6-2-1-3-7-18/h1-16H/b15-12+,21-16-. The maximum atomic E-state index is 12.3. The number of esters is 2. The molecule has 0 amide bonds. The first-order valence-electron chi connectivity index (χ1n) is 9.41.